The molecule has 0 aliphatic rings. The molecular formula is C13H12N2O3. The van der Waals surface area contributed by atoms with E-state index >= 15 is 0 Å². The molecule has 0 fully saturated rings. The number of rotatable bonds is 3. The molecule has 0 radical (unpaired) electrons. The highest BCUT2D eigenvalue weighted by atomic mass is 16.4. The zero-order valence-electron chi connectivity index (χ0n) is 9.75. The van der Waals surface area contributed by atoms with Gasteiger partial charge in [-0.1, -0.05) is 24.3 Å². The molecule has 0 bridgehead atoms. The maximum atomic E-state index is 11.0. The number of fused-ring (bicyclic) bond motifs is 1. The van der Waals surface area contributed by atoms with Gasteiger partial charge < -0.3 is 10.4 Å². The molecule has 2 N–H and O–H groups in total. The molecule has 2 rings (SSSR count). The van der Waals surface area contributed by atoms with Gasteiger partial charge in [-0.25, -0.2) is 4.79 Å². The lowest BCUT2D eigenvalue weighted by Gasteiger charge is -2.16. The molecule has 0 heterocycles. The molecule has 92 valence electrons. The summed E-state index contributed by atoms with van der Waals surface area (Å²) in [6.07, 6.45) is -0.432. The SMILES string of the molecule is CN(C(=O)O)c1cccc2c(NC=O)cccc12. The van der Waals surface area contributed by atoms with E-state index in [-0.39, 0.29) is 0 Å². The lowest BCUT2D eigenvalue weighted by atomic mass is 10.1. The van der Waals surface area contributed by atoms with Crippen LogP contribution in [0, 0.1) is 0 Å². The zero-order chi connectivity index (χ0) is 13.1. The van der Waals surface area contributed by atoms with E-state index in [1.54, 1.807) is 24.3 Å². The third kappa shape index (κ3) is 1.98. The Kier molecular flexibility index (Phi) is 3.14. The van der Waals surface area contributed by atoms with Gasteiger partial charge in [0.15, 0.2) is 0 Å². The van der Waals surface area contributed by atoms with Crippen LogP contribution in [0.2, 0.25) is 0 Å². The van der Waals surface area contributed by atoms with Crippen molar-refractivity contribution in [1.29, 1.82) is 0 Å². The van der Waals surface area contributed by atoms with E-state index in [1.165, 1.54) is 7.05 Å². The van der Waals surface area contributed by atoms with Crippen LogP contribution >= 0.6 is 0 Å². The Bertz CT molecular complexity index is 610. The summed E-state index contributed by atoms with van der Waals surface area (Å²) in [5, 5.41) is 13.2. The summed E-state index contributed by atoms with van der Waals surface area (Å²) in [6.45, 7) is 0. The van der Waals surface area contributed by atoms with E-state index in [9.17, 15) is 9.59 Å². The number of carbonyl (C=O) groups is 2. The summed E-state index contributed by atoms with van der Waals surface area (Å²) < 4.78 is 0. The van der Waals surface area contributed by atoms with E-state index in [0.717, 1.165) is 15.7 Å². The highest BCUT2D eigenvalue weighted by Crippen LogP contribution is 2.30. The second-order valence-electron chi connectivity index (χ2n) is 3.78. The Labute approximate surface area is 104 Å². The van der Waals surface area contributed by atoms with Gasteiger partial charge in [0.1, 0.15) is 0 Å². The molecule has 0 unspecified atom stereocenters. The first-order valence-electron chi connectivity index (χ1n) is 5.33. The fourth-order valence-electron chi connectivity index (χ4n) is 1.88. The fraction of sp³-hybridized carbons (Fsp3) is 0.0769. The Morgan fingerprint density at radius 1 is 1.22 bits per heavy atom. The van der Waals surface area contributed by atoms with E-state index in [1.807, 2.05) is 12.1 Å². The first-order valence-corrected chi connectivity index (χ1v) is 5.33. The van der Waals surface area contributed by atoms with Crippen LogP contribution in [0.5, 0.6) is 0 Å². The second-order valence-corrected chi connectivity index (χ2v) is 3.78. The van der Waals surface area contributed by atoms with Crippen LogP contribution in [0.3, 0.4) is 0 Å². The Balaban J connectivity index is 2.67. The molecular weight excluding hydrogens is 232 g/mol. The summed E-state index contributed by atoms with van der Waals surface area (Å²) in [6, 6.07) is 10.7. The van der Waals surface area contributed by atoms with Gasteiger partial charge in [-0.2, -0.15) is 0 Å². The van der Waals surface area contributed by atoms with Gasteiger partial charge in [0.2, 0.25) is 6.41 Å². The zero-order valence-corrected chi connectivity index (χ0v) is 9.75. The highest BCUT2D eigenvalue weighted by molar-refractivity contribution is 6.06. The molecule has 0 aliphatic heterocycles. The van der Waals surface area contributed by atoms with Crippen LogP contribution in [-0.2, 0) is 4.79 Å². The van der Waals surface area contributed by atoms with E-state index < -0.39 is 6.09 Å². The van der Waals surface area contributed by atoms with Crippen LogP contribution in [0.25, 0.3) is 10.8 Å². The van der Waals surface area contributed by atoms with E-state index in [2.05, 4.69) is 5.32 Å². The number of carboxylic acid groups (broad SMARTS) is 1. The molecule has 5 nitrogen and oxygen atoms in total. The molecule has 5 heteroatoms. The van der Waals surface area contributed by atoms with Crippen LogP contribution in [0.15, 0.2) is 36.4 Å². The van der Waals surface area contributed by atoms with Gasteiger partial charge in [-0.15, -0.1) is 0 Å². The van der Waals surface area contributed by atoms with Gasteiger partial charge in [0, 0.05) is 23.5 Å². The molecule has 2 aromatic rings. The molecule has 18 heavy (non-hydrogen) atoms. The average molecular weight is 244 g/mol. The number of benzene rings is 2. The first kappa shape index (κ1) is 11.9. The molecule has 0 aliphatic carbocycles. The minimum Gasteiger partial charge on any atom is -0.465 e. The van der Waals surface area contributed by atoms with Gasteiger partial charge in [0.05, 0.1) is 5.69 Å². The lowest BCUT2D eigenvalue weighted by Crippen LogP contribution is -2.23. The van der Waals surface area contributed by atoms with E-state index in [0.29, 0.717) is 17.8 Å². The number of nitrogens with zero attached hydrogens (tertiary/aromatic N) is 1. The monoisotopic (exact) mass is 244 g/mol. The van der Waals surface area contributed by atoms with Crippen molar-refractivity contribution in [3.8, 4) is 0 Å². The van der Waals surface area contributed by atoms with Gasteiger partial charge in [-0.3, -0.25) is 9.69 Å². The van der Waals surface area contributed by atoms with Gasteiger partial charge in [-0.05, 0) is 12.1 Å². The molecule has 0 atom stereocenters. The molecule has 0 saturated carbocycles. The van der Waals surface area contributed by atoms with Crippen LogP contribution in [0.4, 0.5) is 16.2 Å². The quantitative estimate of drug-likeness (QED) is 0.815. The Morgan fingerprint density at radius 3 is 2.56 bits per heavy atom. The summed E-state index contributed by atoms with van der Waals surface area (Å²) in [5.41, 5.74) is 1.23. The van der Waals surface area contributed by atoms with Gasteiger partial charge >= 0.3 is 6.09 Å². The predicted octanol–water partition coefficient (Wildman–Crippen LogP) is 2.52. The van der Waals surface area contributed by atoms with Crippen LogP contribution in [-0.4, -0.2) is 24.7 Å². The number of amides is 2. The Morgan fingerprint density at radius 2 is 1.89 bits per heavy atom. The van der Waals surface area contributed by atoms with Crippen molar-refractivity contribution in [2.45, 2.75) is 0 Å². The summed E-state index contributed by atoms with van der Waals surface area (Å²) in [7, 11) is 1.48. The van der Waals surface area contributed by atoms with Crippen molar-refractivity contribution in [3.63, 3.8) is 0 Å². The van der Waals surface area contributed by atoms with Crippen molar-refractivity contribution in [3.05, 3.63) is 36.4 Å². The Hall–Kier alpha value is -2.56. The molecule has 0 aromatic heterocycles. The number of anilines is 2. The van der Waals surface area contributed by atoms with Crippen molar-refractivity contribution < 1.29 is 14.7 Å². The normalized spacial score (nSPS) is 10.1. The van der Waals surface area contributed by atoms with Crippen molar-refractivity contribution in [2.24, 2.45) is 0 Å². The fourth-order valence-corrected chi connectivity index (χ4v) is 1.88. The summed E-state index contributed by atoms with van der Waals surface area (Å²) in [4.78, 5) is 22.7. The smallest absolute Gasteiger partial charge is 0.411 e. The molecule has 0 spiro atoms. The maximum absolute atomic E-state index is 11.0. The predicted molar refractivity (Wildman–Crippen MR) is 70.1 cm³/mol. The minimum absolute atomic E-state index is 0.578. The number of hydrogen-bond donors (Lipinski definition) is 2. The number of carbonyl (C=O) groups excluding carboxylic acids is 1. The molecule has 2 amide bonds. The third-order valence-corrected chi connectivity index (χ3v) is 2.76. The highest BCUT2D eigenvalue weighted by Gasteiger charge is 2.12. The topological polar surface area (TPSA) is 69.6 Å². The third-order valence-electron chi connectivity index (χ3n) is 2.76. The maximum Gasteiger partial charge on any atom is 0.411 e. The van der Waals surface area contributed by atoms with E-state index in [4.69, 9.17) is 5.11 Å². The number of nitrogens with one attached hydrogen (secondary N) is 1. The molecule has 0 saturated heterocycles. The summed E-state index contributed by atoms with van der Waals surface area (Å²) in [5.74, 6) is 0. The van der Waals surface area contributed by atoms with Gasteiger partial charge in [0.25, 0.3) is 0 Å². The van der Waals surface area contributed by atoms with Crippen molar-refractivity contribution in [2.75, 3.05) is 17.3 Å². The van der Waals surface area contributed by atoms with Crippen LogP contribution < -0.4 is 10.2 Å². The van der Waals surface area contributed by atoms with Crippen molar-refractivity contribution in [1.82, 2.24) is 0 Å². The minimum atomic E-state index is -1.03. The standard InChI is InChI=1S/C13H12N2O3/c1-15(13(17)18)12-7-3-4-9-10(12)5-2-6-11(9)14-8-16/h2-8H,1H3,(H,14,16)(H,17,18). The second kappa shape index (κ2) is 4.75. The lowest BCUT2D eigenvalue weighted by molar-refractivity contribution is -0.105. The number of hydrogen-bond acceptors (Lipinski definition) is 2. The van der Waals surface area contributed by atoms with Crippen molar-refractivity contribution >= 4 is 34.7 Å². The molecule has 2 aromatic carbocycles. The van der Waals surface area contributed by atoms with Crippen LogP contribution in [0.1, 0.15) is 0 Å². The average Bonchev–Trinajstić information content (AvgIpc) is 2.38. The summed E-state index contributed by atoms with van der Waals surface area (Å²) >= 11 is 0. The first-order chi connectivity index (χ1) is 8.65. The largest absolute Gasteiger partial charge is 0.465 e.